The predicted octanol–water partition coefficient (Wildman–Crippen LogP) is 0.119. The van der Waals surface area contributed by atoms with E-state index in [-0.39, 0.29) is 25.4 Å². The van der Waals surface area contributed by atoms with Crippen LogP contribution in [0, 0.1) is 5.92 Å². The van der Waals surface area contributed by atoms with Gasteiger partial charge in [-0.05, 0) is 17.9 Å². The second kappa shape index (κ2) is 10.8. The minimum absolute atomic E-state index is 0.0305. The van der Waals surface area contributed by atoms with Crippen LogP contribution in [0.1, 0.15) is 19.4 Å². The maximum Gasteiger partial charge on any atom is 0.281 e. The molecule has 0 unspecified atom stereocenters. The Kier molecular flexibility index (Phi) is 9.67. The van der Waals surface area contributed by atoms with E-state index in [4.69, 9.17) is 0 Å². The zero-order chi connectivity index (χ0) is 22.4. The van der Waals surface area contributed by atoms with Crippen LogP contribution in [0.4, 0.5) is 0 Å². The minimum Gasteiger partial charge on any atom is -0.390 e. The lowest BCUT2D eigenvalue weighted by Gasteiger charge is -2.32. The third kappa shape index (κ3) is 7.93. The predicted molar refractivity (Wildman–Crippen MR) is 115 cm³/mol. The molecule has 0 saturated carbocycles. The summed E-state index contributed by atoms with van der Waals surface area (Å²) in [5, 5.41) is 10.9. The number of aliphatic hydroxyl groups is 1. The van der Waals surface area contributed by atoms with Crippen molar-refractivity contribution in [3.05, 3.63) is 35.9 Å². The quantitative estimate of drug-likeness (QED) is 0.470. The molecular weight excluding hydrogens is 416 g/mol. The zero-order valence-corrected chi connectivity index (χ0v) is 19.6. The summed E-state index contributed by atoms with van der Waals surface area (Å²) in [5.41, 5.74) is 0.823. The fraction of sp³-hybridized carbons (Fsp3) is 0.667. The van der Waals surface area contributed by atoms with E-state index in [1.54, 1.807) is 0 Å². The molecule has 0 aliphatic rings. The largest absolute Gasteiger partial charge is 0.390 e. The summed E-state index contributed by atoms with van der Waals surface area (Å²) in [6.45, 7) is 3.73. The van der Waals surface area contributed by atoms with E-state index in [2.05, 4.69) is 4.72 Å². The van der Waals surface area contributed by atoms with Crippen molar-refractivity contribution in [2.75, 3.05) is 41.3 Å². The van der Waals surface area contributed by atoms with Crippen LogP contribution in [-0.2, 0) is 26.8 Å². The highest BCUT2D eigenvalue weighted by molar-refractivity contribution is 7.87. The van der Waals surface area contributed by atoms with Crippen LogP contribution in [0.25, 0.3) is 0 Å². The molecule has 0 saturated heterocycles. The summed E-state index contributed by atoms with van der Waals surface area (Å²) in [6, 6.07) is 8.23. The summed E-state index contributed by atoms with van der Waals surface area (Å²) in [6.07, 6.45) is -1.04. The fourth-order valence-corrected chi connectivity index (χ4v) is 4.78. The van der Waals surface area contributed by atoms with Crippen LogP contribution in [0.2, 0.25) is 0 Å². The van der Waals surface area contributed by atoms with Crippen LogP contribution in [0.5, 0.6) is 0 Å². The van der Waals surface area contributed by atoms with E-state index in [1.165, 1.54) is 32.5 Å². The highest BCUT2D eigenvalue weighted by Crippen LogP contribution is 2.14. The molecule has 29 heavy (non-hydrogen) atoms. The molecule has 0 aliphatic heterocycles. The first-order chi connectivity index (χ1) is 13.3. The van der Waals surface area contributed by atoms with Crippen molar-refractivity contribution < 1.29 is 21.9 Å². The monoisotopic (exact) mass is 450 g/mol. The number of benzene rings is 1. The van der Waals surface area contributed by atoms with Crippen LogP contribution in [-0.4, -0.2) is 88.3 Å². The third-order valence-electron chi connectivity index (χ3n) is 4.29. The summed E-state index contributed by atoms with van der Waals surface area (Å²) >= 11 is 0. The van der Waals surface area contributed by atoms with Gasteiger partial charge in [-0.1, -0.05) is 44.2 Å². The lowest BCUT2D eigenvalue weighted by molar-refractivity contribution is 0.108. The number of nitrogens with zero attached hydrogens (tertiary/aromatic N) is 3. The molecule has 1 aromatic rings. The van der Waals surface area contributed by atoms with Gasteiger partial charge in [0.15, 0.2) is 0 Å². The van der Waals surface area contributed by atoms with Gasteiger partial charge in [-0.25, -0.2) is 0 Å². The van der Waals surface area contributed by atoms with Crippen molar-refractivity contribution in [3.8, 4) is 0 Å². The molecule has 9 nitrogen and oxygen atoms in total. The number of aliphatic hydroxyl groups excluding tert-OH is 1. The van der Waals surface area contributed by atoms with Crippen molar-refractivity contribution in [1.82, 2.24) is 17.6 Å². The molecule has 2 atom stereocenters. The van der Waals surface area contributed by atoms with Gasteiger partial charge in [-0.2, -0.15) is 34.5 Å². The van der Waals surface area contributed by atoms with E-state index in [1.807, 2.05) is 44.2 Å². The lowest BCUT2D eigenvalue weighted by Crippen LogP contribution is -2.54. The summed E-state index contributed by atoms with van der Waals surface area (Å²) < 4.78 is 55.8. The Bertz CT molecular complexity index is 827. The number of nitrogens with one attached hydrogen (secondary N) is 1. The molecule has 2 N–H and O–H groups in total. The molecule has 0 amide bonds. The molecule has 1 rings (SSSR count). The molecule has 0 radical (unpaired) electrons. The van der Waals surface area contributed by atoms with Crippen molar-refractivity contribution in [2.45, 2.75) is 32.4 Å². The standard InChI is InChI=1S/C18H34N4O5S2/c1-15(2)13-22(29(26,27)21(5)6)14-18(23)17(19-28(24,25)20(3)4)12-16-10-8-7-9-11-16/h7-11,15,17-19,23H,12-14H2,1-6H3/t17-,18+/m0/s1. The average molecular weight is 451 g/mol. The van der Waals surface area contributed by atoms with Crippen molar-refractivity contribution in [1.29, 1.82) is 0 Å². The molecule has 168 valence electrons. The summed E-state index contributed by atoms with van der Waals surface area (Å²) in [4.78, 5) is 0. The fourth-order valence-electron chi connectivity index (χ4n) is 2.66. The van der Waals surface area contributed by atoms with E-state index < -0.39 is 32.6 Å². The first kappa shape index (κ1) is 26.0. The third-order valence-corrected chi connectivity index (χ3v) is 7.73. The van der Waals surface area contributed by atoms with Gasteiger partial charge in [0.1, 0.15) is 0 Å². The Hall–Kier alpha value is -1.08. The van der Waals surface area contributed by atoms with E-state index in [0.717, 1.165) is 14.2 Å². The van der Waals surface area contributed by atoms with Gasteiger partial charge in [-0.15, -0.1) is 0 Å². The normalized spacial score (nSPS) is 15.4. The van der Waals surface area contributed by atoms with E-state index >= 15 is 0 Å². The van der Waals surface area contributed by atoms with Crippen molar-refractivity contribution >= 4 is 20.4 Å². The molecule has 1 aromatic carbocycles. The molecule has 0 heterocycles. The van der Waals surface area contributed by atoms with Crippen LogP contribution >= 0.6 is 0 Å². The Morgan fingerprint density at radius 3 is 1.93 bits per heavy atom. The lowest BCUT2D eigenvalue weighted by atomic mass is 10.0. The number of rotatable bonds is 12. The Labute approximate surface area is 175 Å². The topological polar surface area (TPSA) is 110 Å². The SMILES string of the molecule is CC(C)CN(C[C@@H](O)[C@H](Cc1ccccc1)NS(=O)(=O)N(C)C)S(=O)(=O)N(C)C. The first-order valence-electron chi connectivity index (χ1n) is 9.36. The van der Waals surface area contributed by atoms with Gasteiger partial charge < -0.3 is 5.11 Å². The molecule has 0 fully saturated rings. The summed E-state index contributed by atoms with van der Waals surface area (Å²) in [5.74, 6) is 0.0305. The van der Waals surface area contributed by atoms with Crippen LogP contribution in [0.15, 0.2) is 30.3 Å². The zero-order valence-electron chi connectivity index (χ0n) is 18.0. The van der Waals surface area contributed by atoms with Gasteiger partial charge in [0, 0.05) is 41.3 Å². The first-order valence-corrected chi connectivity index (χ1v) is 12.2. The van der Waals surface area contributed by atoms with Gasteiger partial charge in [0.05, 0.1) is 12.1 Å². The molecule has 11 heteroatoms. The molecule has 0 aromatic heterocycles. The van der Waals surface area contributed by atoms with Crippen LogP contribution < -0.4 is 4.72 Å². The minimum atomic E-state index is -3.83. The van der Waals surface area contributed by atoms with Crippen molar-refractivity contribution in [2.24, 2.45) is 5.92 Å². The maximum absolute atomic E-state index is 12.7. The molecule has 0 bridgehead atoms. The second-order valence-electron chi connectivity index (χ2n) is 7.77. The average Bonchev–Trinajstić information content (AvgIpc) is 2.60. The molecular formula is C18H34N4O5S2. The molecule has 0 spiro atoms. The molecule has 0 aliphatic carbocycles. The van der Waals surface area contributed by atoms with Gasteiger partial charge >= 0.3 is 0 Å². The van der Waals surface area contributed by atoms with Crippen molar-refractivity contribution in [3.63, 3.8) is 0 Å². The second-order valence-corrected chi connectivity index (χ2v) is 11.8. The van der Waals surface area contributed by atoms with E-state index in [9.17, 15) is 21.9 Å². The maximum atomic E-state index is 12.7. The Balaban J connectivity index is 3.17. The smallest absolute Gasteiger partial charge is 0.281 e. The van der Waals surface area contributed by atoms with Crippen LogP contribution in [0.3, 0.4) is 0 Å². The Morgan fingerprint density at radius 2 is 1.48 bits per heavy atom. The van der Waals surface area contributed by atoms with E-state index in [0.29, 0.717) is 0 Å². The Morgan fingerprint density at radius 1 is 0.931 bits per heavy atom. The highest BCUT2D eigenvalue weighted by Gasteiger charge is 2.32. The number of hydrogen-bond donors (Lipinski definition) is 2. The number of hydrogen-bond acceptors (Lipinski definition) is 5. The van der Waals surface area contributed by atoms with Gasteiger partial charge in [0.25, 0.3) is 20.4 Å². The van der Waals surface area contributed by atoms with Gasteiger partial charge in [-0.3, -0.25) is 0 Å². The highest BCUT2D eigenvalue weighted by atomic mass is 32.2. The van der Waals surface area contributed by atoms with Gasteiger partial charge in [0.2, 0.25) is 0 Å². The summed E-state index contributed by atoms with van der Waals surface area (Å²) in [7, 11) is -1.99.